The quantitative estimate of drug-likeness (QED) is 0.726. The molecule has 1 rings (SSSR count). The van der Waals surface area contributed by atoms with E-state index in [4.69, 9.17) is 4.74 Å². The molecule has 0 fully saturated rings. The fourth-order valence-corrected chi connectivity index (χ4v) is 1.98. The highest BCUT2D eigenvalue weighted by molar-refractivity contribution is 7.07. The molecule has 0 aromatic carbocycles. The van der Waals surface area contributed by atoms with Crippen molar-refractivity contribution in [1.29, 1.82) is 0 Å². The molecule has 1 amide bonds. The molecule has 108 valence electrons. The summed E-state index contributed by atoms with van der Waals surface area (Å²) >= 11 is 1.17. The summed E-state index contributed by atoms with van der Waals surface area (Å²) < 4.78 is 42.4. The summed E-state index contributed by atoms with van der Waals surface area (Å²) in [4.78, 5) is 16.4. The first-order valence-corrected chi connectivity index (χ1v) is 6.70. The zero-order chi connectivity index (χ0) is 14.3. The Hall–Kier alpha value is -1.15. The Morgan fingerprint density at radius 1 is 1.53 bits per heavy atom. The first-order valence-electron chi connectivity index (χ1n) is 5.76. The van der Waals surface area contributed by atoms with Crippen LogP contribution in [0, 0.1) is 0 Å². The molecule has 0 unspecified atom stereocenters. The van der Waals surface area contributed by atoms with Crippen LogP contribution in [-0.4, -0.2) is 48.3 Å². The number of halogens is 3. The highest BCUT2D eigenvalue weighted by Gasteiger charge is 2.33. The van der Waals surface area contributed by atoms with Crippen molar-refractivity contribution in [2.75, 3.05) is 26.3 Å². The van der Waals surface area contributed by atoms with Gasteiger partial charge in [-0.1, -0.05) is 0 Å². The summed E-state index contributed by atoms with van der Waals surface area (Å²) in [5, 5.41) is 1.44. The van der Waals surface area contributed by atoms with Crippen molar-refractivity contribution >= 4 is 17.2 Å². The van der Waals surface area contributed by atoms with Crippen molar-refractivity contribution in [3.05, 3.63) is 16.6 Å². The molecule has 4 nitrogen and oxygen atoms in total. The smallest absolute Gasteiger partial charge is 0.382 e. The van der Waals surface area contributed by atoms with Gasteiger partial charge in [0.2, 0.25) is 0 Å². The number of carbonyl (C=O) groups is 1. The van der Waals surface area contributed by atoms with E-state index in [2.05, 4.69) is 4.98 Å². The molecule has 0 N–H and O–H groups in total. The van der Waals surface area contributed by atoms with E-state index in [0.717, 1.165) is 4.90 Å². The molecule has 0 aliphatic heterocycles. The molecule has 0 aliphatic carbocycles. The molecule has 0 saturated heterocycles. The second kappa shape index (κ2) is 7.44. The van der Waals surface area contributed by atoms with Gasteiger partial charge in [0, 0.05) is 25.1 Å². The Morgan fingerprint density at radius 2 is 2.26 bits per heavy atom. The third kappa shape index (κ3) is 6.02. The molecule has 0 bridgehead atoms. The van der Waals surface area contributed by atoms with Crippen LogP contribution in [-0.2, 0) is 4.74 Å². The van der Waals surface area contributed by atoms with E-state index < -0.39 is 18.6 Å². The highest BCUT2D eigenvalue weighted by atomic mass is 32.1. The van der Waals surface area contributed by atoms with Crippen molar-refractivity contribution in [1.82, 2.24) is 9.88 Å². The van der Waals surface area contributed by atoms with Crippen molar-refractivity contribution in [3.8, 4) is 0 Å². The Bertz CT molecular complexity index is 382. The number of thiazole rings is 1. The Labute approximate surface area is 113 Å². The number of alkyl halides is 3. The second-order valence-electron chi connectivity index (χ2n) is 3.77. The number of nitrogens with zero attached hydrogens (tertiary/aromatic N) is 2. The lowest BCUT2D eigenvalue weighted by atomic mass is 10.3. The minimum atomic E-state index is -4.42. The van der Waals surface area contributed by atoms with Gasteiger partial charge in [-0.15, -0.1) is 11.3 Å². The maximum Gasteiger partial charge on any atom is 0.406 e. The maximum absolute atomic E-state index is 12.4. The molecule has 0 aliphatic rings. The van der Waals surface area contributed by atoms with Crippen molar-refractivity contribution in [3.63, 3.8) is 0 Å². The lowest BCUT2D eigenvalue weighted by Gasteiger charge is -2.23. The van der Waals surface area contributed by atoms with Gasteiger partial charge in [0.25, 0.3) is 5.91 Å². The van der Waals surface area contributed by atoms with E-state index >= 15 is 0 Å². The molecule has 0 radical (unpaired) electrons. The zero-order valence-corrected chi connectivity index (χ0v) is 11.3. The van der Waals surface area contributed by atoms with Gasteiger partial charge < -0.3 is 9.64 Å². The molecule has 1 aromatic rings. The first-order chi connectivity index (χ1) is 8.94. The molecular formula is C11H15F3N2O2S. The predicted molar refractivity (Wildman–Crippen MR) is 65.2 cm³/mol. The van der Waals surface area contributed by atoms with Gasteiger partial charge in [-0.25, -0.2) is 4.98 Å². The van der Waals surface area contributed by atoms with Gasteiger partial charge in [-0.2, -0.15) is 13.2 Å². The van der Waals surface area contributed by atoms with Gasteiger partial charge in [-0.05, 0) is 13.3 Å². The third-order valence-electron chi connectivity index (χ3n) is 2.23. The Morgan fingerprint density at radius 3 is 2.79 bits per heavy atom. The third-order valence-corrected chi connectivity index (χ3v) is 2.82. The molecule has 19 heavy (non-hydrogen) atoms. The molecule has 1 heterocycles. The number of hydrogen-bond acceptors (Lipinski definition) is 4. The molecular weight excluding hydrogens is 281 g/mol. The van der Waals surface area contributed by atoms with Crippen LogP contribution in [0.5, 0.6) is 0 Å². The molecule has 1 aromatic heterocycles. The van der Waals surface area contributed by atoms with Crippen molar-refractivity contribution in [2.45, 2.75) is 19.5 Å². The topological polar surface area (TPSA) is 42.4 Å². The van der Waals surface area contributed by atoms with E-state index in [0.29, 0.717) is 19.6 Å². The summed E-state index contributed by atoms with van der Waals surface area (Å²) in [6.07, 6.45) is -4.06. The number of carbonyl (C=O) groups excluding carboxylic acids is 1. The number of aromatic nitrogens is 1. The largest absolute Gasteiger partial charge is 0.406 e. The molecule has 8 heteroatoms. The monoisotopic (exact) mass is 296 g/mol. The Balaban J connectivity index is 2.61. The van der Waals surface area contributed by atoms with Crippen LogP contribution in [0.25, 0.3) is 0 Å². The van der Waals surface area contributed by atoms with Gasteiger partial charge >= 0.3 is 6.18 Å². The lowest BCUT2D eigenvalue weighted by molar-refractivity contribution is -0.141. The van der Waals surface area contributed by atoms with Crippen LogP contribution in [0.4, 0.5) is 13.2 Å². The molecule has 0 atom stereocenters. The second-order valence-corrected chi connectivity index (χ2v) is 4.48. The van der Waals surface area contributed by atoms with Gasteiger partial charge in [-0.3, -0.25) is 4.79 Å². The molecule has 0 saturated carbocycles. The predicted octanol–water partition coefficient (Wildman–Crippen LogP) is 2.57. The van der Waals surface area contributed by atoms with Crippen molar-refractivity contribution in [2.24, 2.45) is 0 Å². The van der Waals surface area contributed by atoms with Gasteiger partial charge in [0.15, 0.2) is 0 Å². The summed E-state index contributed by atoms with van der Waals surface area (Å²) in [5.74, 6) is -0.699. The zero-order valence-electron chi connectivity index (χ0n) is 10.4. The minimum absolute atomic E-state index is 0.00410. The average Bonchev–Trinajstić information content (AvgIpc) is 2.84. The summed E-state index contributed by atoms with van der Waals surface area (Å²) in [6.45, 7) is 1.35. The van der Waals surface area contributed by atoms with E-state index in [-0.39, 0.29) is 12.2 Å². The standard InChI is InChI=1S/C11H15F3N2O2S/c1-2-18-5-3-4-16(7-11(12,13)14)10(17)9-6-19-8-15-9/h6,8H,2-5,7H2,1H3. The normalized spacial score (nSPS) is 11.6. The number of ether oxygens (including phenoxy) is 1. The highest BCUT2D eigenvalue weighted by Crippen LogP contribution is 2.18. The van der Waals surface area contributed by atoms with Crippen LogP contribution in [0.3, 0.4) is 0 Å². The van der Waals surface area contributed by atoms with E-state index in [1.54, 1.807) is 6.92 Å². The number of rotatable bonds is 7. The average molecular weight is 296 g/mol. The number of amides is 1. The lowest BCUT2D eigenvalue weighted by Crippen LogP contribution is -2.40. The molecule has 0 spiro atoms. The van der Waals surface area contributed by atoms with Crippen LogP contribution in [0.2, 0.25) is 0 Å². The SMILES string of the molecule is CCOCCCN(CC(F)(F)F)C(=O)c1cscn1. The van der Waals surface area contributed by atoms with E-state index in [1.165, 1.54) is 22.2 Å². The number of hydrogen-bond donors (Lipinski definition) is 0. The van der Waals surface area contributed by atoms with Gasteiger partial charge in [0.1, 0.15) is 12.2 Å². The fourth-order valence-electron chi connectivity index (χ4n) is 1.45. The summed E-state index contributed by atoms with van der Waals surface area (Å²) in [7, 11) is 0. The van der Waals surface area contributed by atoms with Crippen LogP contribution < -0.4 is 0 Å². The fraction of sp³-hybridized carbons (Fsp3) is 0.636. The first kappa shape index (κ1) is 15.9. The minimum Gasteiger partial charge on any atom is -0.382 e. The van der Waals surface area contributed by atoms with Crippen molar-refractivity contribution < 1.29 is 22.7 Å². The Kier molecular flexibility index (Phi) is 6.23. The summed E-state index contributed by atoms with van der Waals surface area (Å²) in [5.41, 5.74) is 1.46. The van der Waals surface area contributed by atoms with Gasteiger partial charge in [0.05, 0.1) is 5.51 Å². The summed E-state index contributed by atoms with van der Waals surface area (Å²) in [6, 6.07) is 0. The van der Waals surface area contributed by atoms with E-state index in [9.17, 15) is 18.0 Å². The van der Waals surface area contributed by atoms with Crippen LogP contribution in [0.1, 0.15) is 23.8 Å². The van der Waals surface area contributed by atoms with Crippen LogP contribution in [0.15, 0.2) is 10.9 Å². The maximum atomic E-state index is 12.4. The van der Waals surface area contributed by atoms with E-state index in [1.807, 2.05) is 0 Å². The van der Waals surface area contributed by atoms with Crippen LogP contribution >= 0.6 is 11.3 Å².